The van der Waals surface area contributed by atoms with E-state index >= 15 is 0 Å². The zero-order valence-electron chi connectivity index (χ0n) is 23.0. The van der Waals surface area contributed by atoms with Gasteiger partial charge in [0.25, 0.3) is 13.4 Å². The first-order valence-corrected chi connectivity index (χ1v) is 16.1. The summed E-state index contributed by atoms with van der Waals surface area (Å²) in [5.74, 6) is 0.213. The lowest BCUT2D eigenvalue weighted by Gasteiger charge is -2.34. The zero-order chi connectivity index (χ0) is 30.4. The SMILES string of the molecule is O=c1ccn([C@@H]2O[C@H](COC3CCCCO3)[C@@H](OP(=O)([O-])OCOc3ccc(Cl)c(Cl)c3)[C@H]2OC2CCCCO2)c(=O)[nH]1. The average Bonchev–Trinajstić information content (AvgIpc) is 3.30. The number of hydrogen-bond donors (Lipinski definition) is 1. The van der Waals surface area contributed by atoms with Crippen molar-refractivity contribution in [2.45, 2.75) is 75.6 Å². The number of benzene rings is 1. The Balaban J connectivity index is 1.37. The number of halogens is 2. The van der Waals surface area contributed by atoms with Gasteiger partial charge in [-0.25, -0.2) is 4.79 Å². The Labute approximate surface area is 256 Å². The molecule has 4 heterocycles. The standard InChI is InChI=1S/C26H33Cl2N2O12P/c27-17-8-7-16(13-18(17)28)38-15-39-43(33,34)42-23-19(14-37-21-5-1-3-11-35-21)40-25(30-10-9-20(31)29-26(30)32)24(23)41-22-6-2-4-12-36-22/h7-10,13,19,21-25H,1-6,11-12,14-15H2,(H,33,34)(H,29,31,32)/p-1/t19-,21?,22?,23-,24-,25-/m1/s1. The van der Waals surface area contributed by atoms with E-state index in [-0.39, 0.29) is 17.4 Å². The molecular formula is C26H32Cl2N2O12P-. The molecule has 3 aliphatic rings. The van der Waals surface area contributed by atoms with Crippen molar-refractivity contribution in [2.75, 3.05) is 26.6 Å². The smallest absolute Gasteiger partial charge is 0.330 e. The number of phosphoric acid groups is 1. The molecule has 238 valence electrons. The van der Waals surface area contributed by atoms with Gasteiger partial charge >= 0.3 is 5.69 Å². The number of nitrogens with zero attached hydrogens (tertiary/aromatic N) is 1. The Hall–Kier alpha value is -1.81. The van der Waals surface area contributed by atoms with Crippen LogP contribution in [-0.4, -0.2) is 67.1 Å². The number of phosphoric ester groups is 1. The van der Waals surface area contributed by atoms with Crippen molar-refractivity contribution in [3.05, 3.63) is 61.3 Å². The molecular weight excluding hydrogens is 634 g/mol. The predicted octanol–water partition coefficient (Wildman–Crippen LogP) is 3.10. The van der Waals surface area contributed by atoms with Gasteiger partial charge in [0.05, 0.1) is 16.7 Å². The van der Waals surface area contributed by atoms with Crippen molar-refractivity contribution in [3.8, 4) is 5.75 Å². The minimum absolute atomic E-state index is 0.158. The van der Waals surface area contributed by atoms with Gasteiger partial charge in [0.1, 0.15) is 24.1 Å². The van der Waals surface area contributed by atoms with Crippen LogP contribution in [0.2, 0.25) is 10.0 Å². The van der Waals surface area contributed by atoms with Gasteiger partial charge < -0.3 is 37.8 Å². The fourth-order valence-corrected chi connectivity index (χ4v) is 5.99. The Morgan fingerprint density at radius 1 is 1.00 bits per heavy atom. The van der Waals surface area contributed by atoms with Crippen LogP contribution in [0.3, 0.4) is 0 Å². The molecule has 1 N–H and O–H groups in total. The first-order chi connectivity index (χ1) is 20.7. The van der Waals surface area contributed by atoms with E-state index in [9.17, 15) is 19.0 Å². The molecule has 1 aromatic heterocycles. The van der Waals surface area contributed by atoms with Gasteiger partial charge in [-0.1, -0.05) is 23.2 Å². The third kappa shape index (κ3) is 8.89. The molecule has 3 fully saturated rings. The highest BCUT2D eigenvalue weighted by atomic mass is 35.5. The van der Waals surface area contributed by atoms with Crippen LogP contribution in [0.5, 0.6) is 5.75 Å². The molecule has 7 atom stereocenters. The maximum Gasteiger partial charge on any atom is 0.330 e. The molecule has 14 nitrogen and oxygen atoms in total. The highest BCUT2D eigenvalue weighted by Crippen LogP contribution is 2.46. The number of aromatic nitrogens is 2. The Bertz CT molecular complexity index is 1380. The van der Waals surface area contributed by atoms with Gasteiger partial charge in [-0.2, -0.15) is 0 Å². The van der Waals surface area contributed by atoms with Crippen LogP contribution in [0.15, 0.2) is 40.1 Å². The van der Waals surface area contributed by atoms with Gasteiger partial charge in [-0.05, 0) is 50.7 Å². The van der Waals surface area contributed by atoms with E-state index in [1.54, 1.807) is 0 Å². The monoisotopic (exact) mass is 665 g/mol. The molecule has 3 aliphatic heterocycles. The van der Waals surface area contributed by atoms with Crippen molar-refractivity contribution >= 4 is 31.0 Å². The molecule has 0 amide bonds. The van der Waals surface area contributed by atoms with Crippen molar-refractivity contribution in [1.29, 1.82) is 0 Å². The van der Waals surface area contributed by atoms with E-state index in [1.807, 2.05) is 0 Å². The second-order valence-corrected chi connectivity index (χ2v) is 12.3. The summed E-state index contributed by atoms with van der Waals surface area (Å²) in [6.45, 7) is 0.0745. The molecule has 0 aliphatic carbocycles. The number of rotatable bonds is 12. The van der Waals surface area contributed by atoms with Crippen molar-refractivity contribution in [2.24, 2.45) is 0 Å². The van der Waals surface area contributed by atoms with Crippen LogP contribution in [0, 0.1) is 0 Å². The first kappa shape index (κ1) is 32.6. The number of nitrogens with one attached hydrogen (secondary N) is 1. The average molecular weight is 666 g/mol. The summed E-state index contributed by atoms with van der Waals surface area (Å²) in [7, 11) is -5.09. The normalized spacial score (nSPS) is 29.3. The third-order valence-electron chi connectivity index (χ3n) is 7.02. The topological polar surface area (TPSA) is 169 Å². The Morgan fingerprint density at radius 2 is 1.74 bits per heavy atom. The zero-order valence-corrected chi connectivity index (χ0v) is 25.4. The molecule has 1 aromatic carbocycles. The van der Waals surface area contributed by atoms with Crippen LogP contribution in [0.25, 0.3) is 0 Å². The highest BCUT2D eigenvalue weighted by Gasteiger charge is 2.50. The summed E-state index contributed by atoms with van der Waals surface area (Å²) >= 11 is 11.9. The highest BCUT2D eigenvalue weighted by molar-refractivity contribution is 7.45. The summed E-state index contributed by atoms with van der Waals surface area (Å²) in [5, 5.41) is 0.507. The Morgan fingerprint density at radius 3 is 2.42 bits per heavy atom. The Kier molecular flexibility index (Phi) is 11.4. The predicted molar refractivity (Wildman–Crippen MR) is 149 cm³/mol. The minimum Gasteiger partial charge on any atom is -0.756 e. The first-order valence-electron chi connectivity index (χ1n) is 13.9. The van der Waals surface area contributed by atoms with Crippen molar-refractivity contribution in [1.82, 2.24) is 9.55 Å². The summed E-state index contributed by atoms with van der Waals surface area (Å²) in [4.78, 5) is 39.8. The molecule has 0 bridgehead atoms. The minimum atomic E-state index is -5.09. The molecule has 0 spiro atoms. The van der Waals surface area contributed by atoms with E-state index in [4.69, 9.17) is 60.7 Å². The van der Waals surface area contributed by atoms with Crippen LogP contribution in [0.4, 0.5) is 0 Å². The fraction of sp³-hybridized carbons (Fsp3) is 0.615. The molecule has 3 saturated heterocycles. The van der Waals surface area contributed by atoms with Crippen molar-refractivity contribution in [3.63, 3.8) is 0 Å². The molecule has 43 heavy (non-hydrogen) atoms. The summed E-state index contributed by atoms with van der Waals surface area (Å²) in [5.41, 5.74) is -1.41. The molecule has 0 saturated carbocycles. The van der Waals surface area contributed by atoms with Crippen LogP contribution < -0.4 is 20.9 Å². The lowest BCUT2D eigenvalue weighted by Crippen LogP contribution is -2.44. The summed E-state index contributed by atoms with van der Waals surface area (Å²) in [6.07, 6.45) is -0.226. The van der Waals surface area contributed by atoms with E-state index in [2.05, 4.69) is 4.98 Å². The van der Waals surface area contributed by atoms with E-state index in [1.165, 1.54) is 24.4 Å². The van der Waals surface area contributed by atoms with Gasteiger partial charge in [0.15, 0.2) is 25.6 Å². The summed E-state index contributed by atoms with van der Waals surface area (Å²) < 4.78 is 59.6. The van der Waals surface area contributed by atoms with Gasteiger partial charge in [0.2, 0.25) is 0 Å². The van der Waals surface area contributed by atoms with E-state index in [0.717, 1.165) is 36.3 Å². The van der Waals surface area contributed by atoms with Crippen molar-refractivity contribution < 1.29 is 46.9 Å². The number of H-pyrrole nitrogens is 1. The van der Waals surface area contributed by atoms with Gasteiger partial charge in [-0.15, -0.1) is 0 Å². The second kappa shape index (κ2) is 15.0. The van der Waals surface area contributed by atoms with Crippen LogP contribution in [0.1, 0.15) is 44.8 Å². The van der Waals surface area contributed by atoms with Crippen LogP contribution >= 0.6 is 31.0 Å². The maximum atomic E-state index is 13.1. The van der Waals surface area contributed by atoms with Gasteiger partial charge in [-0.3, -0.25) is 23.4 Å². The largest absolute Gasteiger partial charge is 0.756 e. The fourth-order valence-electron chi connectivity index (χ4n) is 4.91. The molecule has 2 aromatic rings. The molecule has 5 rings (SSSR count). The third-order valence-corrected chi connectivity index (χ3v) is 8.68. The number of hydrogen-bond acceptors (Lipinski definition) is 12. The van der Waals surface area contributed by atoms with E-state index < -0.39 is 63.0 Å². The van der Waals surface area contributed by atoms with E-state index in [0.29, 0.717) is 31.1 Å². The second-order valence-electron chi connectivity index (χ2n) is 10.1. The lowest BCUT2D eigenvalue weighted by molar-refractivity contribution is -0.248. The number of ether oxygens (including phenoxy) is 6. The lowest BCUT2D eigenvalue weighted by atomic mass is 10.1. The molecule has 17 heteroatoms. The van der Waals surface area contributed by atoms with Gasteiger partial charge in [0, 0.05) is 31.5 Å². The molecule has 0 radical (unpaired) electrons. The quantitative estimate of drug-likeness (QED) is 0.260. The molecule has 3 unspecified atom stereocenters. The number of aromatic amines is 1. The van der Waals surface area contributed by atoms with Crippen LogP contribution in [-0.2, 0) is 37.3 Å². The summed E-state index contributed by atoms with van der Waals surface area (Å²) in [6, 6.07) is 5.50. The maximum absolute atomic E-state index is 13.1.